The molecule has 0 radical (unpaired) electrons. The molecule has 4 heterocycles. The van der Waals surface area contributed by atoms with Gasteiger partial charge in [-0.05, 0) is 91.3 Å². The Hall–Kier alpha value is -3.45. The number of hydrogen-bond donors (Lipinski definition) is 0. The first-order chi connectivity index (χ1) is 22.5. The van der Waals surface area contributed by atoms with E-state index < -0.39 is 0 Å². The summed E-state index contributed by atoms with van der Waals surface area (Å²) in [6, 6.07) is 22.7. The summed E-state index contributed by atoms with van der Waals surface area (Å²) in [5, 5.41) is 2.25. The second kappa shape index (κ2) is 15.9. The Morgan fingerprint density at radius 1 is 0.739 bits per heavy atom. The van der Waals surface area contributed by atoms with Crippen molar-refractivity contribution in [3.63, 3.8) is 0 Å². The molecule has 0 spiro atoms. The number of likely N-dealkylation sites (N-methyl/N-ethyl adjacent to an activating group) is 1. The van der Waals surface area contributed by atoms with Crippen LogP contribution in [0.5, 0.6) is 0 Å². The standard InChI is InChI=1S/C40H48N4S2/c1-34-33-38(10-9-36-13-17-40(18-14-36)43-24-5-6-25-43)21-29-44(34,2)30-32-46-45-31-28-41-26-19-37(20-27-41)8-7-35-11-15-39(16-12-35)42-22-3-4-23-42/h7-21,26-27,29-30,32-34H,3-6,22-25,28,31H2,1-2H3/q+2/b10-9+,32-30+/t34?,44-/m1/s1. The molecule has 0 bridgehead atoms. The zero-order chi connectivity index (χ0) is 31.6. The molecule has 0 aliphatic carbocycles. The van der Waals surface area contributed by atoms with Gasteiger partial charge in [-0.2, -0.15) is 0 Å². The van der Waals surface area contributed by atoms with Gasteiger partial charge in [0.2, 0.25) is 0 Å². The third-order valence-electron chi connectivity index (χ3n) is 9.42. The zero-order valence-corrected chi connectivity index (χ0v) is 29.0. The molecule has 3 aliphatic heterocycles. The van der Waals surface area contributed by atoms with Crippen LogP contribution in [0.4, 0.5) is 11.4 Å². The molecule has 3 aromatic rings. The molecule has 238 valence electrons. The smallest absolute Gasteiger partial charge is 0.169 e. The van der Waals surface area contributed by atoms with E-state index in [1.165, 1.54) is 85.5 Å². The minimum absolute atomic E-state index is 0.376. The molecule has 1 unspecified atom stereocenters. The molecular formula is C40H48N4S2+2. The van der Waals surface area contributed by atoms with Crippen molar-refractivity contribution in [2.24, 2.45) is 0 Å². The van der Waals surface area contributed by atoms with Crippen molar-refractivity contribution in [1.29, 1.82) is 0 Å². The molecule has 1 aromatic heterocycles. The quantitative estimate of drug-likeness (QED) is 0.0839. The topological polar surface area (TPSA) is 10.4 Å². The normalized spacial score (nSPS) is 21.8. The van der Waals surface area contributed by atoms with Gasteiger partial charge in [0, 0.05) is 55.1 Å². The third-order valence-corrected chi connectivity index (χ3v) is 11.4. The van der Waals surface area contributed by atoms with Crippen LogP contribution in [0.25, 0.3) is 18.2 Å². The van der Waals surface area contributed by atoms with Crippen molar-refractivity contribution in [1.82, 2.24) is 0 Å². The van der Waals surface area contributed by atoms with Crippen LogP contribution in [0.1, 0.15) is 49.3 Å². The maximum Gasteiger partial charge on any atom is 0.169 e. The van der Waals surface area contributed by atoms with Crippen molar-refractivity contribution in [2.75, 3.05) is 48.8 Å². The van der Waals surface area contributed by atoms with Gasteiger partial charge in [0.25, 0.3) is 0 Å². The maximum absolute atomic E-state index is 2.48. The van der Waals surface area contributed by atoms with Crippen LogP contribution in [0, 0.1) is 0 Å². The summed E-state index contributed by atoms with van der Waals surface area (Å²) in [4.78, 5) is 4.96. The average Bonchev–Trinajstić information content (AvgIpc) is 3.83. The van der Waals surface area contributed by atoms with Crippen LogP contribution in [0.15, 0.2) is 115 Å². The molecule has 46 heavy (non-hydrogen) atoms. The number of hydrogen-bond acceptors (Lipinski definition) is 4. The average molecular weight is 649 g/mol. The molecule has 6 heteroatoms. The van der Waals surface area contributed by atoms with Crippen LogP contribution in [0.3, 0.4) is 0 Å². The number of pyridine rings is 1. The number of allylic oxidation sites excluding steroid dienone is 3. The molecule has 4 nitrogen and oxygen atoms in total. The van der Waals surface area contributed by atoms with Crippen LogP contribution >= 0.6 is 21.6 Å². The lowest BCUT2D eigenvalue weighted by Crippen LogP contribution is -2.41. The second-order valence-corrected chi connectivity index (χ2v) is 15.1. The van der Waals surface area contributed by atoms with E-state index in [4.69, 9.17) is 0 Å². The fourth-order valence-electron chi connectivity index (χ4n) is 6.22. The summed E-state index contributed by atoms with van der Waals surface area (Å²) in [5.41, 5.74) is 7.69. The molecule has 0 saturated carbocycles. The van der Waals surface area contributed by atoms with Crippen LogP contribution in [-0.4, -0.2) is 49.5 Å². The van der Waals surface area contributed by atoms with E-state index in [-0.39, 0.29) is 0 Å². The molecular weight excluding hydrogens is 601 g/mol. The fraction of sp³-hybridized carbons (Fsp3) is 0.325. The van der Waals surface area contributed by atoms with Gasteiger partial charge in [0.1, 0.15) is 18.4 Å². The number of benzene rings is 2. The molecule has 2 saturated heterocycles. The first-order valence-electron chi connectivity index (χ1n) is 16.8. The van der Waals surface area contributed by atoms with E-state index in [2.05, 4.69) is 156 Å². The van der Waals surface area contributed by atoms with Gasteiger partial charge in [-0.1, -0.05) is 70.2 Å². The van der Waals surface area contributed by atoms with Gasteiger partial charge in [0.05, 0.1) is 12.8 Å². The Morgan fingerprint density at radius 2 is 1.26 bits per heavy atom. The largest absolute Gasteiger partial charge is 0.372 e. The summed E-state index contributed by atoms with van der Waals surface area (Å²) in [6.07, 6.45) is 27.7. The Morgan fingerprint density at radius 3 is 1.80 bits per heavy atom. The second-order valence-electron chi connectivity index (χ2n) is 12.8. The monoisotopic (exact) mass is 648 g/mol. The van der Waals surface area contributed by atoms with Crippen molar-refractivity contribution in [3.05, 3.63) is 131 Å². The van der Waals surface area contributed by atoms with E-state index in [9.17, 15) is 0 Å². The van der Waals surface area contributed by atoms with Gasteiger partial charge in [-0.3, -0.25) is 4.48 Å². The minimum atomic E-state index is 0.376. The van der Waals surface area contributed by atoms with Gasteiger partial charge >= 0.3 is 0 Å². The Balaban J connectivity index is 0.903. The minimum Gasteiger partial charge on any atom is -0.372 e. The van der Waals surface area contributed by atoms with E-state index in [0.29, 0.717) is 6.04 Å². The Bertz CT molecular complexity index is 1560. The number of anilines is 2. The van der Waals surface area contributed by atoms with Gasteiger partial charge in [-0.15, -0.1) is 0 Å². The summed E-state index contributed by atoms with van der Waals surface area (Å²) in [6.45, 7) is 8.05. The van der Waals surface area contributed by atoms with Crippen LogP contribution < -0.4 is 14.4 Å². The first-order valence-corrected chi connectivity index (χ1v) is 19.2. The van der Waals surface area contributed by atoms with Gasteiger partial charge in [-0.25, -0.2) is 4.57 Å². The molecule has 6 rings (SSSR count). The SMILES string of the molecule is CC1C=C(/C=C/c2ccc(N3CCCC3)cc2)C=C[N@+]1(C)/C=C/SSCC[n+]1ccc(/C=C/c2ccc(N3CCCC3)cc2)cc1. The predicted octanol–water partition coefficient (Wildman–Crippen LogP) is 9.20. The Labute approximate surface area is 284 Å². The highest BCUT2D eigenvalue weighted by atomic mass is 33.1. The third kappa shape index (κ3) is 8.87. The van der Waals surface area contributed by atoms with E-state index >= 15 is 0 Å². The number of aryl methyl sites for hydroxylation is 1. The molecule has 3 aliphatic rings. The summed E-state index contributed by atoms with van der Waals surface area (Å²) in [5.74, 6) is 1.06. The molecule has 2 fully saturated rings. The Kier molecular flexibility index (Phi) is 11.2. The van der Waals surface area contributed by atoms with E-state index in [1.807, 2.05) is 21.6 Å². The van der Waals surface area contributed by atoms with E-state index in [0.717, 1.165) is 16.8 Å². The van der Waals surface area contributed by atoms with Crippen molar-refractivity contribution < 1.29 is 9.05 Å². The highest BCUT2D eigenvalue weighted by Crippen LogP contribution is 2.28. The number of aromatic nitrogens is 1. The highest BCUT2D eigenvalue weighted by molar-refractivity contribution is 8.77. The highest BCUT2D eigenvalue weighted by Gasteiger charge is 2.25. The lowest BCUT2D eigenvalue weighted by Gasteiger charge is -2.33. The number of rotatable bonds is 12. The van der Waals surface area contributed by atoms with E-state index in [1.54, 1.807) is 0 Å². The first kappa shape index (κ1) is 32.5. The van der Waals surface area contributed by atoms with Crippen molar-refractivity contribution >= 4 is 51.2 Å². The lowest BCUT2D eigenvalue weighted by atomic mass is 10.0. The summed E-state index contributed by atoms with van der Waals surface area (Å²) >= 11 is 0. The zero-order valence-electron chi connectivity index (χ0n) is 27.4. The van der Waals surface area contributed by atoms with Gasteiger partial charge in [0.15, 0.2) is 18.9 Å². The molecule has 2 atom stereocenters. The molecule has 0 N–H and O–H groups in total. The summed E-state index contributed by atoms with van der Waals surface area (Å²) in [7, 11) is 6.00. The lowest BCUT2D eigenvalue weighted by molar-refractivity contribution is -0.825. The predicted molar refractivity (Wildman–Crippen MR) is 202 cm³/mol. The van der Waals surface area contributed by atoms with Gasteiger partial charge < -0.3 is 9.80 Å². The van der Waals surface area contributed by atoms with Crippen LogP contribution in [-0.2, 0) is 6.54 Å². The van der Waals surface area contributed by atoms with Crippen molar-refractivity contribution in [3.8, 4) is 0 Å². The summed E-state index contributed by atoms with van der Waals surface area (Å²) < 4.78 is 3.05. The fourth-order valence-corrected chi connectivity index (χ4v) is 7.89. The van der Waals surface area contributed by atoms with Crippen molar-refractivity contribution in [2.45, 2.75) is 45.2 Å². The molecule has 0 amide bonds. The maximum atomic E-state index is 2.48. The number of quaternary nitrogens is 1. The molecule has 2 aromatic carbocycles. The number of nitrogens with zero attached hydrogens (tertiary/aromatic N) is 4. The van der Waals surface area contributed by atoms with Crippen LogP contribution in [0.2, 0.25) is 0 Å².